The SMILES string of the molecule is CC1=CC(=O)OC1(O)/C=C1\[C@](C)(OO)CC[C@H]2C(C)(C)CCC[C@]12C. The summed E-state index contributed by atoms with van der Waals surface area (Å²) in [5, 5.41) is 20.6. The maximum absolute atomic E-state index is 11.6. The Bertz CT molecular complexity index is 648. The molecule has 0 amide bonds. The Hall–Kier alpha value is -1.17. The van der Waals surface area contributed by atoms with Gasteiger partial charge in [-0.1, -0.05) is 27.2 Å². The van der Waals surface area contributed by atoms with Gasteiger partial charge in [0.15, 0.2) is 0 Å². The number of esters is 1. The number of hydrogen-bond acceptors (Lipinski definition) is 5. The molecule has 3 rings (SSSR count). The van der Waals surface area contributed by atoms with Crippen LogP contribution < -0.4 is 0 Å². The molecule has 1 heterocycles. The molecule has 2 aliphatic carbocycles. The average Bonchev–Trinajstić information content (AvgIpc) is 2.75. The molecule has 2 fully saturated rings. The van der Waals surface area contributed by atoms with E-state index < -0.39 is 17.4 Å². The van der Waals surface area contributed by atoms with E-state index in [1.54, 1.807) is 13.0 Å². The molecule has 2 saturated carbocycles. The zero-order valence-corrected chi connectivity index (χ0v) is 15.9. The normalized spacial score (nSPS) is 45.1. The summed E-state index contributed by atoms with van der Waals surface area (Å²) in [5.74, 6) is -1.91. The highest BCUT2D eigenvalue weighted by atomic mass is 17.1. The van der Waals surface area contributed by atoms with Crippen LogP contribution in [0.15, 0.2) is 23.3 Å². The van der Waals surface area contributed by atoms with E-state index in [2.05, 4.69) is 20.8 Å². The Balaban J connectivity index is 2.13. The third-order valence-corrected chi connectivity index (χ3v) is 7.02. The molecular weight excluding hydrogens is 320 g/mol. The van der Waals surface area contributed by atoms with Crippen molar-refractivity contribution in [3.8, 4) is 0 Å². The predicted molar refractivity (Wildman–Crippen MR) is 93.5 cm³/mol. The van der Waals surface area contributed by atoms with E-state index in [4.69, 9.17) is 9.62 Å². The van der Waals surface area contributed by atoms with Crippen LogP contribution in [0.3, 0.4) is 0 Å². The summed E-state index contributed by atoms with van der Waals surface area (Å²) in [6.45, 7) is 10.3. The number of rotatable bonds is 2. The highest BCUT2D eigenvalue weighted by molar-refractivity contribution is 5.86. The van der Waals surface area contributed by atoms with Gasteiger partial charge in [0.1, 0.15) is 5.60 Å². The summed E-state index contributed by atoms with van der Waals surface area (Å²) in [6, 6.07) is 0. The molecule has 1 aliphatic heterocycles. The molecule has 0 spiro atoms. The summed E-state index contributed by atoms with van der Waals surface area (Å²) in [7, 11) is 0. The van der Waals surface area contributed by atoms with Gasteiger partial charge in [-0.2, -0.15) is 0 Å². The second-order valence-corrected chi connectivity index (χ2v) is 9.18. The van der Waals surface area contributed by atoms with Crippen LogP contribution in [0.5, 0.6) is 0 Å². The van der Waals surface area contributed by atoms with Gasteiger partial charge in [-0.25, -0.2) is 9.68 Å². The minimum atomic E-state index is -1.77. The number of carbonyl (C=O) groups excluding carboxylic acids is 1. The van der Waals surface area contributed by atoms with Gasteiger partial charge < -0.3 is 9.84 Å². The third kappa shape index (κ3) is 2.77. The van der Waals surface area contributed by atoms with Gasteiger partial charge in [0, 0.05) is 11.6 Å². The van der Waals surface area contributed by atoms with Crippen LogP contribution in [0.4, 0.5) is 0 Å². The number of aliphatic hydroxyl groups is 1. The molecule has 0 aromatic heterocycles. The minimum Gasteiger partial charge on any atom is -0.422 e. The van der Waals surface area contributed by atoms with Crippen LogP contribution in [0.1, 0.15) is 66.7 Å². The second-order valence-electron chi connectivity index (χ2n) is 9.18. The Labute approximate surface area is 149 Å². The lowest BCUT2D eigenvalue weighted by molar-refractivity contribution is -0.319. The summed E-state index contributed by atoms with van der Waals surface area (Å²) < 4.78 is 5.19. The fraction of sp³-hybridized carbons (Fsp3) is 0.750. The first-order chi connectivity index (χ1) is 11.5. The molecule has 1 unspecified atom stereocenters. The summed E-state index contributed by atoms with van der Waals surface area (Å²) in [6.07, 6.45) is 7.73. The van der Waals surface area contributed by atoms with Gasteiger partial charge >= 0.3 is 5.97 Å². The Morgan fingerprint density at radius 3 is 2.48 bits per heavy atom. The van der Waals surface area contributed by atoms with E-state index in [1.165, 1.54) is 6.08 Å². The number of fused-ring (bicyclic) bond motifs is 1. The zero-order valence-electron chi connectivity index (χ0n) is 15.9. The van der Waals surface area contributed by atoms with Crippen molar-refractivity contribution >= 4 is 5.97 Å². The Morgan fingerprint density at radius 1 is 1.24 bits per heavy atom. The molecule has 25 heavy (non-hydrogen) atoms. The van der Waals surface area contributed by atoms with E-state index in [1.807, 2.05) is 6.92 Å². The molecule has 0 radical (unpaired) electrons. The molecule has 0 bridgehead atoms. The first-order valence-electron chi connectivity index (χ1n) is 9.17. The fourth-order valence-corrected chi connectivity index (χ4v) is 5.61. The minimum absolute atomic E-state index is 0.169. The Morgan fingerprint density at radius 2 is 1.92 bits per heavy atom. The van der Waals surface area contributed by atoms with E-state index in [-0.39, 0.29) is 10.8 Å². The molecule has 3 aliphatic rings. The standard InChI is InChI=1S/C20H30O5/c1-13-11-16(21)24-20(13,22)12-15-18(4)9-6-8-17(2,3)14(18)7-10-19(15,5)25-23/h11-12,14,22-23H,6-10H2,1-5H3/b15-12-/t14-,18-,19+,20?/m0/s1. The number of cyclic esters (lactones) is 1. The molecule has 5 heteroatoms. The molecule has 2 N–H and O–H groups in total. The van der Waals surface area contributed by atoms with Crippen LogP contribution in [0.2, 0.25) is 0 Å². The topological polar surface area (TPSA) is 76.0 Å². The Kier molecular flexibility index (Phi) is 4.22. The molecule has 0 aromatic rings. The third-order valence-electron chi connectivity index (χ3n) is 7.02. The van der Waals surface area contributed by atoms with Crippen molar-refractivity contribution in [2.45, 2.75) is 78.1 Å². The van der Waals surface area contributed by atoms with E-state index in [0.29, 0.717) is 17.9 Å². The van der Waals surface area contributed by atoms with Crippen LogP contribution in [-0.4, -0.2) is 27.7 Å². The molecule has 0 aromatic carbocycles. The highest BCUT2D eigenvalue weighted by Gasteiger charge is 2.57. The maximum atomic E-state index is 11.6. The van der Waals surface area contributed by atoms with Crippen LogP contribution in [0.25, 0.3) is 0 Å². The van der Waals surface area contributed by atoms with Crippen LogP contribution in [-0.2, 0) is 14.4 Å². The smallest absolute Gasteiger partial charge is 0.333 e. The van der Waals surface area contributed by atoms with Gasteiger partial charge in [-0.3, -0.25) is 5.26 Å². The van der Waals surface area contributed by atoms with Crippen molar-refractivity contribution in [3.05, 3.63) is 23.3 Å². The van der Waals surface area contributed by atoms with Gasteiger partial charge in [-0.15, -0.1) is 0 Å². The molecule has 140 valence electrons. The number of ether oxygens (including phenoxy) is 1. The average molecular weight is 350 g/mol. The quantitative estimate of drug-likeness (QED) is 0.341. The van der Waals surface area contributed by atoms with Gasteiger partial charge in [0.2, 0.25) is 0 Å². The van der Waals surface area contributed by atoms with Crippen molar-refractivity contribution in [1.29, 1.82) is 0 Å². The van der Waals surface area contributed by atoms with Crippen molar-refractivity contribution < 1.29 is 24.8 Å². The maximum Gasteiger partial charge on any atom is 0.333 e. The summed E-state index contributed by atoms with van der Waals surface area (Å²) in [4.78, 5) is 16.6. The lowest BCUT2D eigenvalue weighted by Gasteiger charge is -2.58. The predicted octanol–water partition coefficient (Wildman–Crippen LogP) is 3.98. The van der Waals surface area contributed by atoms with Crippen LogP contribution >= 0.6 is 0 Å². The van der Waals surface area contributed by atoms with Crippen molar-refractivity contribution in [2.75, 3.05) is 0 Å². The molecule has 4 atom stereocenters. The number of hydrogen-bond donors (Lipinski definition) is 2. The first-order valence-corrected chi connectivity index (χ1v) is 9.17. The van der Waals surface area contributed by atoms with E-state index >= 15 is 0 Å². The largest absolute Gasteiger partial charge is 0.422 e. The lowest BCUT2D eigenvalue weighted by Crippen LogP contribution is -2.54. The van der Waals surface area contributed by atoms with Crippen molar-refractivity contribution in [2.24, 2.45) is 16.7 Å². The number of carbonyl (C=O) groups is 1. The summed E-state index contributed by atoms with van der Waals surface area (Å²) in [5.41, 5.74) is 0.317. The first kappa shape index (κ1) is 18.6. The molecule has 0 saturated heterocycles. The zero-order chi connectivity index (χ0) is 18.7. The molecular formula is C20H30O5. The highest BCUT2D eigenvalue weighted by Crippen LogP contribution is 2.62. The van der Waals surface area contributed by atoms with Crippen molar-refractivity contribution in [1.82, 2.24) is 0 Å². The van der Waals surface area contributed by atoms with Gasteiger partial charge in [0.25, 0.3) is 5.79 Å². The lowest BCUT2D eigenvalue weighted by atomic mass is 9.47. The van der Waals surface area contributed by atoms with E-state index in [9.17, 15) is 15.2 Å². The molecule has 5 nitrogen and oxygen atoms in total. The van der Waals surface area contributed by atoms with Crippen molar-refractivity contribution in [3.63, 3.8) is 0 Å². The van der Waals surface area contributed by atoms with E-state index in [0.717, 1.165) is 31.3 Å². The van der Waals surface area contributed by atoms with Gasteiger partial charge in [-0.05, 0) is 67.9 Å². The summed E-state index contributed by atoms with van der Waals surface area (Å²) >= 11 is 0. The monoisotopic (exact) mass is 350 g/mol. The second kappa shape index (κ2) is 5.66. The van der Waals surface area contributed by atoms with Crippen LogP contribution in [0, 0.1) is 16.7 Å². The fourth-order valence-electron chi connectivity index (χ4n) is 5.61. The van der Waals surface area contributed by atoms with Gasteiger partial charge in [0.05, 0.1) is 0 Å².